The Labute approximate surface area is 151 Å². The molecule has 0 aliphatic heterocycles. The van der Waals surface area contributed by atoms with Crippen LogP contribution in [0.5, 0.6) is 11.5 Å². The Morgan fingerprint density at radius 2 is 0.923 bits per heavy atom. The van der Waals surface area contributed by atoms with Gasteiger partial charge in [0.15, 0.2) is 0 Å². The van der Waals surface area contributed by atoms with E-state index in [-0.39, 0.29) is 26.4 Å². The fourth-order valence-electron chi connectivity index (χ4n) is 3.43. The summed E-state index contributed by atoms with van der Waals surface area (Å²) in [6.45, 7) is 0.457. The van der Waals surface area contributed by atoms with Crippen LogP contribution in [-0.2, 0) is 0 Å². The van der Waals surface area contributed by atoms with Crippen molar-refractivity contribution in [1.29, 1.82) is 0 Å². The molecule has 4 heteroatoms. The Morgan fingerprint density at radius 1 is 0.538 bits per heavy atom. The van der Waals surface area contributed by atoms with Gasteiger partial charge in [-0.3, -0.25) is 0 Å². The Bertz CT molecular complexity index is 985. The summed E-state index contributed by atoms with van der Waals surface area (Å²) in [5.41, 5.74) is 0. The monoisotopic (exact) mass is 348 g/mol. The molecular weight excluding hydrogens is 328 g/mol. The van der Waals surface area contributed by atoms with Gasteiger partial charge in [-0.2, -0.15) is 0 Å². The van der Waals surface area contributed by atoms with Gasteiger partial charge in [0.2, 0.25) is 0 Å². The van der Waals surface area contributed by atoms with Crippen molar-refractivity contribution < 1.29 is 19.7 Å². The maximum absolute atomic E-state index is 9.14. The topological polar surface area (TPSA) is 58.9 Å². The van der Waals surface area contributed by atoms with Crippen molar-refractivity contribution in [1.82, 2.24) is 0 Å². The normalized spacial score (nSPS) is 11.3. The van der Waals surface area contributed by atoms with E-state index >= 15 is 0 Å². The van der Waals surface area contributed by atoms with Crippen molar-refractivity contribution in [3.8, 4) is 11.5 Å². The highest BCUT2D eigenvalue weighted by Gasteiger charge is 2.13. The van der Waals surface area contributed by atoms with Crippen LogP contribution >= 0.6 is 0 Å². The zero-order valence-electron chi connectivity index (χ0n) is 14.3. The molecule has 0 fully saturated rings. The molecule has 0 saturated heterocycles. The second-order valence-corrected chi connectivity index (χ2v) is 6.08. The molecule has 0 aliphatic rings. The number of aliphatic hydroxyl groups excluding tert-OH is 2. The zero-order valence-corrected chi connectivity index (χ0v) is 14.3. The molecule has 0 radical (unpaired) electrons. The second kappa shape index (κ2) is 7.20. The zero-order chi connectivity index (χ0) is 17.9. The Balaban J connectivity index is 2.08. The Kier molecular flexibility index (Phi) is 4.61. The van der Waals surface area contributed by atoms with Gasteiger partial charge < -0.3 is 19.7 Å². The van der Waals surface area contributed by atoms with Crippen LogP contribution < -0.4 is 9.47 Å². The number of benzene rings is 4. The molecule has 132 valence electrons. The Morgan fingerprint density at radius 3 is 1.31 bits per heavy atom. The van der Waals surface area contributed by atoms with E-state index in [1.54, 1.807) is 0 Å². The van der Waals surface area contributed by atoms with E-state index in [9.17, 15) is 0 Å². The molecule has 0 spiro atoms. The summed E-state index contributed by atoms with van der Waals surface area (Å²) in [6.07, 6.45) is 0. The third-order valence-corrected chi connectivity index (χ3v) is 4.50. The fraction of sp³-hybridized carbons (Fsp3) is 0.182. The quantitative estimate of drug-likeness (QED) is 0.519. The molecule has 4 rings (SSSR count). The first-order valence-electron chi connectivity index (χ1n) is 8.68. The van der Waals surface area contributed by atoms with E-state index < -0.39 is 0 Å². The molecule has 0 heterocycles. The van der Waals surface area contributed by atoms with Gasteiger partial charge in [-0.05, 0) is 33.7 Å². The predicted octanol–water partition coefficient (Wildman–Crippen LogP) is 3.89. The van der Waals surface area contributed by atoms with Gasteiger partial charge in [0, 0.05) is 10.8 Å². The van der Waals surface area contributed by atoms with Crippen LogP contribution in [0.3, 0.4) is 0 Å². The molecule has 0 bridgehead atoms. The lowest BCUT2D eigenvalue weighted by Crippen LogP contribution is -2.03. The summed E-state index contributed by atoms with van der Waals surface area (Å²) in [4.78, 5) is 0. The number of ether oxygens (including phenoxy) is 2. The lowest BCUT2D eigenvalue weighted by molar-refractivity contribution is 0.202. The van der Waals surface area contributed by atoms with Crippen molar-refractivity contribution in [3.05, 3.63) is 60.7 Å². The van der Waals surface area contributed by atoms with Crippen LogP contribution in [0.25, 0.3) is 32.3 Å². The molecule has 0 atom stereocenters. The first-order chi connectivity index (χ1) is 12.8. The molecule has 0 unspecified atom stereocenters. The number of fused-ring (bicyclic) bond motifs is 5. The molecule has 0 amide bonds. The average Bonchev–Trinajstić information content (AvgIpc) is 2.70. The van der Waals surface area contributed by atoms with Crippen LogP contribution in [0.2, 0.25) is 0 Å². The SMILES string of the molecule is OCCOc1cc2c3ccccc3c(OCCO)cc2c2ccccc12. The number of rotatable bonds is 6. The molecule has 26 heavy (non-hydrogen) atoms. The lowest BCUT2D eigenvalue weighted by Gasteiger charge is -2.16. The molecule has 0 aliphatic carbocycles. The van der Waals surface area contributed by atoms with E-state index in [1.807, 2.05) is 48.5 Å². The minimum absolute atomic E-state index is 0.0267. The number of hydrogen-bond donors (Lipinski definition) is 2. The first kappa shape index (κ1) is 16.6. The lowest BCUT2D eigenvalue weighted by atomic mass is 9.96. The average molecular weight is 348 g/mol. The van der Waals surface area contributed by atoms with E-state index in [0.29, 0.717) is 0 Å². The van der Waals surface area contributed by atoms with E-state index in [0.717, 1.165) is 43.8 Å². The van der Waals surface area contributed by atoms with Crippen LogP contribution in [0, 0.1) is 0 Å². The third kappa shape index (κ3) is 2.83. The summed E-state index contributed by atoms with van der Waals surface area (Å²) in [7, 11) is 0. The van der Waals surface area contributed by atoms with Crippen LogP contribution in [0.4, 0.5) is 0 Å². The van der Waals surface area contributed by atoms with Gasteiger partial charge in [0.05, 0.1) is 13.2 Å². The highest BCUT2D eigenvalue weighted by Crippen LogP contribution is 2.40. The summed E-state index contributed by atoms with van der Waals surface area (Å²) in [6, 6.07) is 20.2. The summed E-state index contributed by atoms with van der Waals surface area (Å²) < 4.78 is 11.6. The predicted molar refractivity (Wildman–Crippen MR) is 104 cm³/mol. The minimum Gasteiger partial charge on any atom is -0.491 e. The van der Waals surface area contributed by atoms with E-state index in [4.69, 9.17) is 19.7 Å². The van der Waals surface area contributed by atoms with Gasteiger partial charge in [0.25, 0.3) is 0 Å². The largest absolute Gasteiger partial charge is 0.491 e. The summed E-state index contributed by atoms with van der Waals surface area (Å²) >= 11 is 0. The molecule has 4 nitrogen and oxygen atoms in total. The third-order valence-electron chi connectivity index (χ3n) is 4.50. The molecule has 2 N–H and O–H groups in total. The van der Waals surface area contributed by atoms with Crippen molar-refractivity contribution in [2.24, 2.45) is 0 Å². The summed E-state index contributed by atoms with van der Waals surface area (Å²) in [5.74, 6) is 1.52. The fourth-order valence-corrected chi connectivity index (χ4v) is 3.43. The molecule has 4 aromatic rings. The van der Waals surface area contributed by atoms with Crippen molar-refractivity contribution in [3.63, 3.8) is 0 Å². The van der Waals surface area contributed by atoms with Gasteiger partial charge in [-0.15, -0.1) is 0 Å². The molecule has 4 aromatic carbocycles. The van der Waals surface area contributed by atoms with E-state index in [2.05, 4.69) is 12.1 Å². The molecule has 0 aromatic heterocycles. The second-order valence-electron chi connectivity index (χ2n) is 6.08. The van der Waals surface area contributed by atoms with Crippen LogP contribution in [0.15, 0.2) is 60.7 Å². The smallest absolute Gasteiger partial charge is 0.127 e. The van der Waals surface area contributed by atoms with Gasteiger partial charge in [-0.1, -0.05) is 48.5 Å². The number of aliphatic hydroxyl groups is 2. The van der Waals surface area contributed by atoms with Gasteiger partial charge in [-0.25, -0.2) is 0 Å². The minimum atomic E-state index is -0.0267. The van der Waals surface area contributed by atoms with Crippen molar-refractivity contribution in [2.75, 3.05) is 26.4 Å². The standard InChI is InChI=1S/C22H20O4/c23-9-11-25-21-14-20-16-6-2-4-8-18(16)22(26-12-10-24)13-19(20)15-5-1-3-7-17(15)21/h1-8,13-14,23-24H,9-12H2. The number of hydrogen-bond acceptors (Lipinski definition) is 4. The highest BCUT2D eigenvalue weighted by molar-refractivity contribution is 6.20. The maximum Gasteiger partial charge on any atom is 0.127 e. The Hall–Kier alpha value is -2.82. The van der Waals surface area contributed by atoms with Crippen molar-refractivity contribution in [2.45, 2.75) is 0 Å². The first-order valence-corrected chi connectivity index (χ1v) is 8.68. The van der Waals surface area contributed by atoms with Crippen LogP contribution in [-0.4, -0.2) is 36.6 Å². The highest BCUT2D eigenvalue weighted by atomic mass is 16.5. The molecular formula is C22H20O4. The van der Waals surface area contributed by atoms with Crippen molar-refractivity contribution >= 4 is 32.3 Å². The van der Waals surface area contributed by atoms with Crippen LogP contribution in [0.1, 0.15) is 0 Å². The van der Waals surface area contributed by atoms with Gasteiger partial charge >= 0.3 is 0 Å². The maximum atomic E-state index is 9.14. The molecule has 0 saturated carbocycles. The van der Waals surface area contributed by atoms with Gasteiger partial charge in [0.1, 0.15) is 24.7 Å². The van der Waals surface area contributed by atoms with E-state index in [1.165, 1.54) is 0 Å². The summed E-state index contributed by atoms with van der Waals surface area (Å²) in [5, 5.41) is 24.6.